The van der Waals surface area contributed by atoms with Crippen LogP contribution in [0.4, 0.5) is 0 Å². The summed E-state index contributed by atoms with van der Waals surface area (Å²) < 4.78 is 0. The van der Waals surface area contributed by atoms with Gasteiger partial charge in [0.2, 0.25) is 0 Å². The van der Waals surface area contributed by atoms with Crippen molar-refractivity contribution in [2.24, 2.45) is 11.8 Å². The Morgan fingerprint density at radius 3 is 1.86 bits per heavy atom. The normalized spacial score (nSPS) is 20.1. The van der Waals surface area contributed by atoms with Crippen molar-refractivity contribution in [3.63, 3.8) is 0 Å². The van der Waals surface area contributed by atoms with Crippen LogP contribution in [0.1, 0.15) is 47.5 Å². The van der Waals surface area contributed by atoms with Gasteiger partial charge in [-0.2, -0.15) is 0 Å². The Morgan fingerprint density at radius 2 is 1.50 bits per heavy atom. The maximum atomic E-state index is 9.27. The van der Waals surface area contributed by atoms with Crippen molar-refractivity contribution in [2.45, 2.75) is 59.5 Å². The van der Waals surface area contributed by atoms with Crippen LogP contribution in [0.2, 0.25) is 0 Å². The minimum Gasteiger partial charge on any atom is -0.395 e. The fourth-order valence-electron chi connectivity index (χ4n) is 1.54. The first-order chi connectivity index (χ1) is 6.56. The van der Waals surface area contributed by atoms with E-state index in [-0.39, 0.29) is 12.6 Å². The fraction of sp³-hybridized carbons (Fsp3) is 1.00. The molecule has 0 spiro atoms. The van der Waals surface area contributed by atoms with Gasteiger partial charge in [-0.1, -0.05) is 40.5 Å². The molecular weight excluding hydrogens is 174 g/mol. The van der Waals surface area contributed by atoms with E-state index in [2.05, 4.69) is 39.9 Å². The van der Waals surface area contributed by atoms with Crippen LogP contribution in [0.5, 0.6) is 0 Å². The van der Waals surface area contributed by atoms with Gasteiger partial charge in [0.1, 0.15) is 0 Å². The lowest BCUT2D eigenvalue weighted by Crippen LogP contribution is -2.45. The number of aliphatic hydroxyl groups is 1. The molecule has 0 aromatic carbocycles. The van der Waals surface area contributed by atoms with E-state index in [4.69, 9.17) is 0 Å². The highest BCUT2D eigenvalue weighted by atomic mass is 16.3. The monoisotopic (exact) mass is 201 g/mol. The van der Waals surface area contributed by atoms with Gasteiger partial charge in [0.05, 0.1) is 6.61 Å². The molecule has 0 aliphatic heterocycles. The van der Waals surface area contributed by atoms with E-state index < -0.39 is 0 Å². The molecule has 0 amide bonds. The van der Waals surface area contributed by atoms with Crippen molar-refractivity contribution < 1.29 is 5.11 Å². The van der Waals surface area contributed by atoms with E-state index in [1.165, 1.54) is 6.42 Å². The van der Waals surface area contributed by atoms with Crippen molar-refractivity contribution in [2.75, 3.05) is 6.61 Å². The Kier molecular flexibility index (Phi) is 7.20. The first-order valence-corrected chi connectivity index (χ1v) is 5.93. The summed E-state index contributed by atoms with van der Waals surface area (Å²) in [6, 6.07) is 0.746. The van der Waals surface area contributed by atoms with Crippen molar-refractivity contribution in [3.05, 3.63) is 0 Å². The second kappa shape index (κ2) is 7.24. The second-order valence-electron chi connectivity index (χ2n) is 4.52. The van der Waals surface area contributed by atoms with Crippen LogP contribution in [0, 0.1) is 11.8 Å². The highest BCUT2D eigenvalue weighted by molar-refractivity contribution is 4.77. The summed E-state index contributed by atoms with van der Waals surface area (Å²) in [5.74, 6) is 1.22. The molecule has 86 valence electrons. The van der Waals surface area contributed by atoms with Gasteiger partial charge >= 0.3 is 0 Å². The van der Waals surface area contributed by atoms with E-state index >= 15 is 0 Å². The molecule has 0 aliphatic carbocycles. The SMILES string of the molecule is CCC(C)C(C)NC(CO)C(C)CC. The van der Waals surface area contributed by atoms with E-state index in [1.54, 1.807) is 0 Å². The zero-order valence-electron chi connectivity index (χ0n) is 10.4. The maximum absolute atomic E-state index is 9.27. The summed E-state index contributed by atoms with van der Waals surface area (Å²) in [4.78, 5) is 0. The predicted octanol–water partition coefficient (Wildman–Crippen LogP) is 2.42. The predicted molar refractivity (Wildman–Crippen MR) is 62.4 cm³/mol. The zero-order valence-corrected chi connectivity index (χ0v) is 10.4. The molecule has 14 heavy (non-hydrogen) atoms. The van der Waals surface area contributed by atoms with Gasteiger partial charge in [-0.05, 0) is 18.8 Å². The number of hydrogen-bond donors (Lipinski definition) is 2. The second-order valence-corrected chi connectivity index (χ2v) is 4.52. The highest BCUT2D eigenvalue weighted by Crippen LogP contribution is 2.12. The molecule has 4 unspecified atom stereocenters. The molecule has 0 fully saturated rings. The molecule has 4 atom stereocenters. The first kappa shape index (κ1) is 13.9. The number of aliphatic hydroxyl groups excluding tert-OH is 1. The van der Waals surface area contributed by atoms with Gasteiger partial charge in [0, 0.05) is 12.1 Å². The Balaban J connectivity index is 4.03. The molecule has 0 saturated heterocycles. The van der Waals surface area contributed by atoms with Crippen LogP contribution in [0.3, 0.4) is 0 Å². The summed E-state index contributed by atoms with van der Waals surface area (Å²) in [5.41, 5.74) is 0. The van der Waals surface area contributed by atoms with Gasteiger partial charge in [0.15, 0.2) is 0 Å². The van der Waals surface area contributed by atoms with Gasteiger partial charge in [0.25, 0.3) is 0 Å². The van der Waals surface area contributed by atoms with Crippen molar-refractivity contribution >= 4 is 0 Å². The van der Waals surface area contributed by atoms with Crippen LogP contribution >= 0.6 is 0 Å². The van der Waals surface area contributed by atoms with E-state index in [1.807, 2.05) is 0 Å². The molecule has 0 radical (unpaired) electrons. The topological polar surface area (TPSA) is 32.3 Å². The molecule has 0 aliphatic rings. The van der Waals surface area contributed by atoms with E-state index in [9.17, 15) is 5.11 Å². The Labute approximate surface area is 89.1 Å². The average Bonchev–Trinajstić information content (AvgIpc) is 2.22. The largest absolute Gasteiger partial charge is 0.395 e. The Bertz CT molecular complexity index is 138. The van der Waals surface area contributed by atoms with Crippen LogP contribution in [-0.4, -0.2) is 23.8 Å². The lowest BCUT2D eigenvalue weighted by Gasteiger charge is -2.29. The Morgan fingerprint density at radius 1 is 1.00 bits per heavy atom. The van der Waals surface area contributed by atoms with Crippen LogP contribution in [0.25, 0.3) is 0 Å². The minimum atomic E-state index is 0.246. The van der Waals surface area contributed by atoms with Crippen molar-refractivity contribution in [3.8, 4) is 0 Å². The third-order valence-corrected chi connectivity index (χ3v) is 3.50. The molecule has 2 nitrogen and oxygen atoms in total. The molecule has 0 rings (SSSR count). The zero-order chi connectivity index (χ0) is 11.1. The molecule has 0 bridgehead atoms. The summed E-state index contributed by atoms with van der Waals surface area (Å²) in [6.07, 6.45) is 2.30. The number of hydrogen-bond acceptors (Lipinski definition) is 2. The van der Waals surface area contributed by atoms with Crippen LogP contribution in [0.15, 0.2) is 0 Å². The highest BCUT2D eigenvalue weighted by Gasteiger charge is 2.19. The van der Waals surface area contributed by atoms with Crippen LogP contribution in [-0.2, 0) is 0 Å². The van der Waals surface area contributed by atoms with Crippen molar-refractivity contribution in [1.29, 1.82) is 0 Å². The molecule has 2 heteroatoms. The van der Waals surface area contributed by atoms with Gasteiger partial charge < -0.3 is 10.4 Å². The van der Waals surface area contributed by atoms with Gasteiger partial charge in [-0.25, -0.2) is 0 Å². The van der Waals surface area contributed by atoms with E-state index in [0.29, 0.717) is 17.9 Å². The van der Waals surface area contributed by atoms with Crippen LogP contribution < -0.4 is 5.32 Å². The molecule has 0 aromatic rings. The number of rotatable bonds is 7. The van der Waals surface area contributed by atoms with Gasteiger partial charge in [-0.15, -0.1) is 0 Å². The third kappa shape index (κ3) is 4.43. The quantitative estimate of drug-likeness (QED) is 0.663. The van der Waals surface area contributed by atoms with Crippen molar-refractivity contribution in [1.82, 2.24) is 5.32 Å². The maximum Gasteiger partial charge on any atom is 0.0587 e. The Hall–Kier alpha value is -0.0800. The standard InChI is InChI=1S/C12H27NO/c1-6-9(3)11(5)13-12(8-14)10(4)7-2/h9-14H,6-8H2,1-5H3. The smallest absolute Gasteiger partial charge is 0.0587 e. The first-order valence-electron chi connectivity index (χ1n) is 5.93. The summed E-state index contributed by atoms with van der Waals surface area (Å²) >= 11 is 0. The fourth-order valence-corrected chi connectivity index (χ4v) is 1.54. The summed E-state index contributed by atoms with van der Waals surface area (Å²) in [5, 5.41) is 12.8. The summed E-state index contributed by atoms with van der Waals surface area (Å²) in [6.45, 7) is 11.3. The molecule has 2 N–H and O–H groups in total. The number of nitrogens with one attached hydrogen (secondary N) is 1. The molecular formula is C12H27NO. The van der Waals surface area contributed by atoms with E-state index in [0.717, 1.165) is 6.42 Å². The lowest BCUT2D eigenvalue weighted by atomic mass is 9.95. The average molecular weight is 201 g/mol. The van der Waals surface area contributed by atoms with Gasteiger partial charge in [-0.3, -0.25) is 0 Å². The summed E-state index contributed by atoms with van der Waals surface area (Å²) in [7, 11) is 0. The third-order valence-electron chi connectivity index (χ3n) is 3.50. The minimum absolute atomic E-state index is 0.246. The molecule has 0 saturated carbocycles. The molecule has 0 aromatic heterocycles. The lowest BCUT2D eigenvalue weighted by molar-refractivity contribution is 0.181. The molecule has 0 heterocycles.